The van der Waals surface area contributed by atoms with Crippen LogP contribution in [0.15, 0.2) is 47.7 Å². The molecule has 3 heterocycles. The largest absolute Gasteiger partial charge is 0.493 e. The van der Waals surface area contributed by atoms with Crippen molar-refractivity contribution in [2.75, 3.05) is 6.61 Å². The first-order chi connectivity index (χ1) is 12.7. The van der Waals surface area contributed by atoms with Crippen molar-refractivity contribution >= 4 is 23.0 Å². The molecule has 0 fully saturated rings. The highest BCUT2D eigenvalue weighted by atomic mass is 35.5. The monoisotopic (exact) mass is 367 g/mol. The van der Waals surface area contributed by atoms with Crippen molar-refractivity contribution in [2.45, 2.75) is 12.8 Å². The van der Waals surface area contributed by atoms with Crippen molar-refractivity contribution in [2.24, 2.45) is 10.9 Å². The Morgan fingerprint density at radius 3 is 2.96 bits per heavy atom. The van der Waals surface area contributed by atoms with E-state index in [4.69, 9.17) is 21.3 Å². The van der Waals surface area contributed by atoms with Gasteiger partial charge >= 0.3 is 0 Å². The molecule has 0 amide bonds. The maximum atomic E-state index is 14.6. The van der Waals surface area contributed by atoms with Gasteiger partial charge in [0.15, 0.2) is 0 Å². The van der Waals surface area contributed by atoms with E-state index in [1.54, 1.807) is 18.5 Å². The van der Waals surface area contributed by atoms with E-state index in [-0.39, 0.29) is 11.7 Å². The van der Waals surface area contributed by atoms with E-state index in [1.165, 1.54) is 0 Å². The van der Waals surface area contributed by atoms with Crippen LogP contribution in [0.4, 0.5) is 10.1 Å². The highest BCUT2D eigenvalue weighted by Gasteiger charge is 2.29. The van der Waals surface area contributed by atoms with Crippen LogP contribution in [0.2, 0.25) is 5.02 Å². The molecule has 0 spiro atoms. The lowest BCUT2D eigenvalue weighted by atomic mass is 9.90. The summed E-state index contributed by atoms with van der Waals surface area (Å²) in [4.78, 5) is 4.74. The van der Waals surface area contributed by atoms with Crippen molar-refractivity contribution < 1.29 is 9.13 Å². The normalized spacial score (nSPS) is 18.1. The van der Waals surface area contributed by atoms with Crippen molar-refractivity contribution in [1.29, 1.82) is 0 Å². The Balaban J connectivity index is 1.46. The SMILES string of the molecule is Fc1cc(-c2cn[nH]c2)cc2c1CC(C1COc3ccc(Cl)cc3C1)=N2. The number of benzene rings is 2. The minimum atomic E-state index is -0.224. The predicted octanol–water partition coefficient (Wildman–Crippen LogP) is 4.75. The summed E-state index contributed by atoms with van der Waals surface area (Å²) >= 11 is 6.10. The molecule has 3 aromatic rings. The molecule has 0 saturated carbocycles. The predicted molar refractivity (Wildman–Crippen MR) is 98.9 cm³/mol. The van der Waals surface area contributed by atoms with Crippen LogP contribution in [0.5, 0.6) is 5.75 Å². The first-order valence-electron chi connectivity index (χ1n) is 8.47. The number of nitrogens with zero attached hydrogens (tertiary/aromatic N) is 2. The molecule has 5 rings (SSSR count). The van der Waals surface area contributed by atoms with Gasteiger partial charge in [0.25, 0.3) is 0 Å². The molecular weight excluding hydrogens is 353 g/mol. The van der Waals surface area contributed by atoms with E-state index < -0.39 is 0 Å². The quantitative estimate of drug-likeness (QED) is 0.710. The standard InChI is InChI=1S/C20H15ClFN3O/c21-15-1-2-20-12(4-15)3-13(10-26-20)18-7-16-17(22)5-11(6-19(16)25-18)14-8-23-24-9-14/h1-2,4-6,8-9,13H,3,7,10H2,(H,23,24). The second-order valence-corrected chi connectivity index (χ2v) is 7.12. The molecule has 1 atom stereocenters. The Labute approximate surface area is 154 Å². The van der Waals surface area contributed by atoms with Gasteiger partial charge in [-0.15, -0.1) is 0 Å². The first-order valence-corrected chi connectivity index (χ1v) is 8.85. The molecule has 2 aliphatic heterocycles. The molecule has 1 N–H and O–H groups in total. The van der Waals surface area contributed by atoms with Gasteiger partial charge in [-0.25, -0.2) is 4.39 Å². The van der Waals surface area contributed by atoms with Crippen LogP contribution in [0.3, 0.4) is 0 Å². The summed E-state index contributed by atoms with van der Waals surface area (Å²) in [6.45, 7) is 0.553. The summed E-state index contributed by atoms with van der Waals surface area (Å²) in [6.07, 6.45) is 4.75. The van der Waals surface area contributed by atoms with E-state index in [1.807, 2.05) is 24.3 Å². The van der Waals surface area contributed by atoms with Crippen molar-refractivity contribution in [3.05, 3.63) is 64.7 Å². The Kier molecular flexibility index (Phi) is 3.57. The summed E-state index contributed by atoms with van der Waals surface area (Å²) in [5.74, 6) is 0.776. The molecule has 2 aromatic carbocycles. The number of aromatic nitrogens is 2. The third-order valence-electron chi connectivity index (χ3n) is 5.03. The Bertz CT molecular complexity index is 1030. The fourth-order valence-electron chi connectivity index (χ4n) is 3.66. The van der Waals surface area contributed by atoms with Gasteiger partial charge in [-0.1, -0.05) is 11.6 Å². The topological polar surface area (TPSA) is 50.3 Å². The molecule has 0 aliphatic carbocycles. The lowest BCUT2D eigenvalue weighted by molar-refractivity contribution is 0.258. The second-order valence-electron chi connectivity index (χ2n) is 6.69. The number of nitrogens with one attached hydrogen (secondary N) is 1. The lowest BCUT2D eigenvalue weighted by Crippen LogP contribution is -2.28. The molecule has 130 valence electrons. The number of H-pyrrole nitrogens is 1. The van der Waals surface area contributed by atoms with Crippen molar-refractivity contribution in [1.82, 2.24) is 10.2 Å². The third-order valence-corrected chi connectivity index (χ3v) is 5.26. The number of aromatic amines is 1. The van der Waals surface area contributed by atoms with Crippen molar-refractivity contribution in [3.63, 3.8) is 0 Å². The summed E-state index contributed by atoms with van der Waals surface area (Å²) in [5, 5.41) is 7.38. The van der Waals surface area contributed by atoms with E-state index in [0.717, 1.165) is 34.6 Å². The average molecular weight is 368 g/mol. The number of fused-ring (bicyclic) bond motifs is 2. The molecule has 0 saturated heterocycles. The molecule has 6 heteroatoms. The number of aliphatic imine (C=N–C) groups is 1. The van der Waals surface area contributed by atoms with Gasteiger partial charge in [-0.2, -0.15) is 5.10 Å². The van der Waals surface area contributed by atoms with Gasteiger partial charge in [0.05, 0.1) is 18.5 Å². The van der Waals surface area contributed by atoms with Crippen LogP contribution < -0.4 is 4.74 Å². The average Bonchev–Trinajstić information content (AvgIpc) is 3.31. The maximum absolute atomic E-state index is 14.6. The van der Waals surface area contributed by atoms with Crippen LogP contribution in [-0.4, -0.2) is 22.5 Å². The van der Waals surface area contributed by atoms with Crippen LogP contribution in [0.25, 0.3) is 11.1 Å². The molecule has 0 bridgehead atoms. The number of hydrogen-bond donors (Lipinski definition) is 1. The fraction of sp³-hybridized carbons (Fsp3) is 0.200. The number of halogens is 2. The Morgan fingerprint density at radius 2 is 2.12 bits per heavy atom. The number of rotatable bonds is 2. The van der Waals surface area contributed by atoms with Gasteiger partial charge in [0.2, 0.25) is 0 Å². The lowest BCUT2D eigenvalue weighted by Gasteiger charge is -2.25. The number of ether oxygens (including phenoxy) is 1. The second kappa shape index (κ2) is 5.95. The zero-order chi connectivity index (χ0) is 17.7. The minimum Gasteiger partial charge on any atom is -0.493 e. The van der Waals surface area contributed by atoms with Gasteiger partial charge in [0.1, 0.15) is 11.6 Å². The van der Waals surface area contributed by atoms with Gasteiger partial charge in [0, 0.05) is 40.4 Å². The smallest absolute Gasteiger partial charge is 0.129 e. The maximum Gasteiger partial charge on any atom is 0.129 e. The van der Waals surface area contributed by atoms with Crippen LogP contribution >= 0.6 is 11.6 Å². The van der Waals surface area contributed by atoms with Gasteiger partial charge in [-0.3, -0.25) is 10.1 Å². The fourth-order valence-corrected chi connectivity index (χ4v) is 3.86. The van der Waals surface area contributed by atoms with Crippen molar-refractivity contribution in [3.8, 4) is 16.9 Å². The molecule has 1 unspecified atom stereocenters. The van der Waals surface area contributed by atoms with E-state index >= 15 is 0 Å². The molecule has 26 heavy (non-hydrogen) atoms. The highest BCUT2D eigenvalue weighted by molar-refractivity contribution is 6.30. The zero-order valence-corrected chi connectivity index (χ0v) is 14.6. The van der Waals surface area contributed by atoms with Gasteiger partial charge < -0.3 is 4.74 Å². The number of hydrogen-bond acceptors (Lipinski definition) is 3. The van der Waals surface area contributed by atoms with Crippen LogP contribution in [-0.2, 0) is 12.8 Å². The molecule has 0 radical (unpaired) electrons. The van der Waals surface area contributed by atoms with E-state index in [2.05, 4.69) is 10.2 Å². The Hall–Kier alpha value is -2.66. The molecule has 2 aliphatic rings. The van der Waals surface area contributed by atoms with E-state index in [9.17, 15) is 4.39 Å². The van der Waals surface area contributed by atoms with E-state index in [0.29, 0.717) is 29.3 Å². The van der Waals surface area contributed by atoms with Gasteiger partial charge in [-0.05, 0) is 47.9 Å². The summed E-state index contributed by atoms with van der Waals surface area (Å²) in [5.41, 5.74) is 5.02. The minimum absolute atomic E-state index is 0.130. The molecule has 4 nitrogen and oxygen atoms in total. The zero-order valence-electron chi connectivity index (χ0n) is 13.8. The Morgan fingerprint density at radius 1 is 1.19 bits per heavy atom. The summed E-state index contributed by atoms with van der Waals surface area (Å²) < 4.78 is 20.5. The van der Waals surface area contributed by atoms with Crippen LogP contribution in [0.1, 0.15) is 11.1 Å². The molecule has 1 aromatic heterocycles. The third kappa shape index (κ3) is 2.59. The summed E-state index contributed by atoms with van der Waals surface area (Å²) in [6, 6.07) is 9.13. The first kappa shape index (κ1) is 15.6. The van der Waals surface area contributed by atoms with Crippen LogP contribution in [0, 0.1) is 11.7 Å². The summed E-state index contributed by atoms with van der Waals surface area (Å²) in [7, 11) is 0. The molecular formula is C20H15ClFN3O. The highest BCUT2D eigenvalue weighted by Crippen LogP contribution is 2.38.